The van der Waals surface area contributed by atoms with Gasteiger partial charge in [0.1, 0.15) is 5.82 Å². The molecule has 0 saturated heterocycles. The molecule has 2 aromatic rings. The van der Waals surface area contributed by atoms with Crippen molar-refractivity contribution in [1.29, 1.82) is 0 Å². The Morgan fingerprint density at radius 2 is 1.81 bits per heavy atom. The molecule has 4 heteroatoms. The number of hydrogen-bond acceptors (Lipinski definition) is 1. The first-order valence-electron chi connectivity index (χ1n) is 6.78. The lowest BCUT2D eigenvalue weighted by molar-refractivity contribution is -0.130. The second-order valence-electron chi connectivity index (χ2n) is 4.97. The van der Waals surface area contributed by atoms with Crippen LogP contribution in [0, 0.1) is 5.82 Å². The van der Waals surface area contributed by atoms with Gasteiger partial charge in [-0.2, -0.15) is 0 Å². The van der Waals surface area contributed by atoms with Crippen LogP contribution in [0.3, 0.4) is 0 Å². The average molecular weight is 306 g/mol. The number of halogens is 2. The summed E-state index contributed by atoms with van der Waals surface area (Å²) < 4.78 is 12.8. The van der Waals surface area contributed by atoms with Crippen molar-refractivity contribution >= 4 is 17.5 Å². The molecule has 0 aromatic heterocycles. The second kappa shape index (κ2) is 7.23. The van der Waals surface area contributed by atoms with Gasteiger partial charge in [-0.25, -0.2) is 4.39 Å². The maximum absolute atomic E-state index is 12.8. The lowest BCUT2D eigenvalue weighted by atomic mass is 10.1. The highest BCUT2D eigenvalue weighted by Crippen LogP contribution is 2.17. The molecule has 0 heterocycles. The molecule has 0 spiro atoms. The van der Waals surface area contributed by atoms with Gasteiger partial charge in [0, 0.05) is 25.0 Å². The van der Waals surface area contributed by atoms with Gasteiger partial charge in [0.15, 0.2) is 0 Å². The van der Waals surface area contributed by atoms with Crippen molar-refractivity contribution in [2.45, 2.75) is 19.4 Å². The molecule has 1 amide bonds. The van der Waals surface area contributed by atoms with Gasteiger partial charge < -0.3 is 4.90 Å². The van der Waals surface area contributed by atoms with Gasteiger partial charge in [-0.1, -0.05) is 41.9 Å². The van der Waals surface area contributed by atoms with E-state index in [1.165, 1.54) is 12.1 Å². The van der Waals surface area contributed by atoms with Gasteiger partial charge >= 0.3 is 0 Å². The summed E-state index contributed by atoms with van der Waals surface area (Å²) in [7, 11) is 1.75. The van der Waals surface area contributed by atoms with E-state index in [0.29, 0.717) is 24.4 Å². The maximum atomic E-state index is 12.8. The van der Waals surface area contributed by atoms with Crippen LogP contribution in [-0.4, -0.2) is 17.9 Å². The quantitative estimate of drug-likeness (QED) is 0.815. The van der Waals surface area contributed by atoms with Crippen LogP contribution in [0.1, 0.15) is 17.5 Å². The summed E-state index contributed by atoms with van der Waals surface area (Å²) in [6.45, 7) is 0.474. The summed E-state index contributed by atoms with van der Waals surface area (Å²) in [5.41, 5.74) is 1.88. The van der Waals surface area contributed by atoms with Gasteiger partial charge in [0.25, 0.3) is 0 Å². The molecule has 0 fully saturated rings. The summed E-state index contributed by atoms with van der Waals surface area (Å²) in [5.74, 6) is -0.231. The molecule has 2 rings (SSSR count). The molecule has 0 radical (unpaired) electrons. The van der Waals surface area contributed by atoms with Gasteiger partial charge in [-0.05, 0) is 35.7 Å². The van der Waals surface area contributed by atoms with Gasteiger partial charge in [-0.3, -0.25) is 4.79 Å². The van der Waals surface area contributed by atoms with E-state index < -0.39 is 0 Å². The van der Waals surface area contributed by atoms with Crippen molar-refractivity contribution in [3.05, 3.63) is 70.5 Å². The first kappa shape index (κ1) is 15.5. The van der Waals surface area contributed by atoms with Crippen LogP contribution in [0.25, 0.3) is 0 Å². The Kier molecular flexibility index (Phi) is 5.34. The van der Waals surface area contributed by atoms with E-state index in [9.17, 15) is 9.18 Å². The predicted octanol–water partition coefficient (Wildman–Crippen LogP) is 4.07. The number of rotatable bonds is 5. The lowest BCUT2D eigenvalue weighted by Crippen LogP contribution is -2.26. The third kappa shape index (κ3) is 4.57. The molecular formula is C17H17ClFNO. The monoisotopic (exact) mass is 305 g/mol. The van der Waals surface area contributed by atoms with Crippen LogP contribution in [0.5, 0.6) is 0 Å². The van der Waals surface area contributed by atoms with Gasteiger partial charge in [-0.15, -0.1) is 0 Å². The minimum atomic E-state index is -0.272. The molecule has 0 aliphatic carbocycles. The van der Waals surface area contributed by atoms with Crippen molar-refractivity contribution in [2.24, 2.45) is 0 Å². The fourth-order valence-electron chi connectivity index (χ4n) is 2.09. The minimum absolute atomic E-state index is 0.0410. The van der Waals surface area contributed by atoms with E-state index in [4.69, 9.17) is 11.6 Å². The highest BCUT2D eigenvalue weighted by atomic mass is 35.5. The SMILES string of the molecule is CN(Cc1ccc(F)cc1)C(=O)CCc1ccccc1Cl. The van der Waals surface area contributed by atoms with E-state index in [0.717, 1.165) is 11.1 Å². The molecule has 110 valence electrons. The Bertz CT molecular complexity index is 612. The highest BCUT2D eigenvalue weighted by Gasteiger charge is 2.10. The molecule has 2 nitrogen and oxygen atoms in total. The fourth-order valence-corrected chi connectivity index (χ4v) is 2.32. The van der Waals surface area contributed by atoms with E-state index in [1.54, 1.807) is 24.1 Å². The Hall–Kier alpha value is -1.87. The number of aryl methyl sites for hydroxylation is 1. The Morgan fingerprint density at radius 3 is 2.48 bits per heavy atom. The molecule has 0 N–H and O–H groups in total. The first-order valence-corrected chi connectivity index (χ1v) is 7.16. The number of carbonyl (C=O) groups is 1. The zero-order valence-corrected chi connectivity index (χ0v) is 12.6. The number of benzene rings is 2. The number of amides is 1. The lowest BCUT2D eigenvalue weighted by Gasteiger charge is -2.17. The average Bonchev–Trinajstić information content (AvgIpc) is 2.48. The van der Waals surface area contributed by atoms with Crippen LogP contribution < -0.4 is 0 Å². The summed E-state index contributed by atoms with van der Waals surface area (Å²) >= 11 is 6.07. The number of hydrogen-bond donors (Lipinski definition) is 0. The fraction of sp³-hybridized carbons (Fsp3) is 0.235. The van der Waals surface area contributed by atoms with Crippen LogP contribution in [0.4, 0.5) is 4.39 Å². The standard InChI is InChI=1S/C17H17ClFNO/c1-20(12-13-6-9-15(19)10-7-13)17(21)11-8-14-4-2-3-5-16(14)18/h2-7,9-10H,8,11-12H2,1H3. The second-order valence-corrected chi connectivity index (χ2v) is 5.37. The molecule has 0 unspecified atom stereocenters. The summed E-state index contributed by atoms with van der Waals surface area (Å²) in [4.78, 5) is 13.8. The summed E-state index contributed by atoms with van der Waals surface area (Å²) in [6.07, 6.45) is 1.02. The molecule has 0 saturated carbocycles. The Balaban J connectivity index is 1.88. The summed E-state index contributed by atoms with van der Waals surface area (Å²) in [6, 6.07) is 13.7. The first-order chi connectivity index (χ1) is 10.1. The number of carbonyl (C=O) groups excluding carboxylic acids is 1. The van der Waals surface area contributed by atoms with E-state index in [-0.39, 0.29) is 11.7 Å². The Morgan fingerprint density at radius 1 is 1.14 bits per heavy atom. The topological polar surface area (TPSA) is 20.3 Å². The third-order valence-electron chi connectivity index (χ3n) is 3.32. The molecule has 21 heavy (non-hydrogen) atoms. The largest absolute Gasteiger partial charge is 0.341 e. The van der Waals surface area contributed by atoms with Crippen molar-refractivity contribution in [3.63, 3.8) is 0 Å². The summed E-state index contributed by atoms with van der Waals surface area (Å²) in [5, 5.41) is 0.687. The van der Waals surface area contributed by atoms with E-state index >= 15 is 0 Å². The van der Waals surface area contributed by atoms with E-state index in [2.05, 4.69) is 0 Å². The Labute approximate surface area is 129 Å². The van der Waals surface area contributed by atoms with Crippen molar-refractivity contribution in [1.82, 2.24) is 4.90 Å². The smallest absolute Gasteiger partial charge is 0.222 e. The van der Waals surface area contributed by atoms with Crippen LogP contribution in [0.2, 0.25) is 5.02 Å². The van der Waals surface area contributed by atoms with Gasteiger partial charge in [0.05, 0.1) is 0 Å². The predicted molar refractivity (Wildman–Crippen MR) is 82.6 cm³/mol. The zero-order chi connectivity index (χ0) is 15.2. The number of nitrogens with zero attached hydrogens (tertiary/aromatic N) is 1. The van der Waals surface area contributed by atoms with Crippen LogP contribution in [-0.2, 0) is 17.8 Å². The molecule has 2 aromatic carbocycles. The molecule has 0 aliphatic rings. The maximum Gasteiger partial charge on any atom is 0.222 e. The van der Waals surface area contributed by atoms with Gasteiger partial charge in [0.2, 0.25) is 5.91 Å². The highest BCUT2D eigenvalue weighted by molar-refractivity contribution is 6.31. The van der Waals surface area contributed by atoms with Crippen molar-refractivity contribution < 1.29 is 9.18 Å². The molecule has 0 aliphatic heterocycles. The van der Waals surface area contributed by atoms with E-state index in [1.807, 2.05) is 24.3 Å². The van der Waals surface area contributed by atoms with Crippen LogP contribution >= 0.6 is 11.6 Å². The molecular weight excluding hydrogens is 289 g/mol. The van der Waals surface area contributed by atoms with Crippen LogP contribution in [0.15, 0.2) is 48.5 Å². The van der Waals surface area contributed by atoms with Crippen molar-refractivity contribution in [3.8, 4) is 0 Å². The molecule has 0 bridgehead atoms. The van der Waals surface area contributed by atoms with Crippen molar-refractivity contribution in [2.75, 3.05) is 7.05 Å². The normalized spacial score (nSPS) is 10.4. The molecule has 0 atom stereocenters. The minimum Gasteiger partial charge on any atom is -0.341 e. The zero-order valence-electron chi connectivity index (χ0n) is 11.9. The third-order valence-corrected chi connectivity index (χ3v) is 3.69.